The summed E-state index contributed by atoms with van der Waals surface area (Å²) in [6.45, 7) is 4.22. The molecule has 0 saturated carbocycles. The first-order valence-corrected chi connectivity index (χ1v) is 11.4. The van der Waals surface area contributed by atoms with E-state index in [2.05, 4.69) is 19.2 Å². The number of nitro benzene ring substituents is 1. The normalized spacial score (nSPS) is 14.4. The molecule has 1 N–H and O–H groups in total. The van der Waals surface area contributed by atoms with Crippen molar-refractivity contribution in [2.24, 2.45) is 0 Å². The smallest absolute Gasteiger partial charge is 0.269 e. The Hall–Kier alpha value is -4.33. The van der Waals surface area contributed by atoms with Crippen molar-refractivity contribution in [3.05, 3.63) is 105 Å². The highest BCUT2D eigenvalue weighted by Gasteiger charge is 2.42. The van der Waals surface area contributed by atoms with Crippen molar-refractivity contribution in [2.45, 2.75) is 38.6 Å². The number of hydrogen-bond acceptors (Lipinski definition) is 5. The summed E-state index contributed by atoms with van der Waals surface area (Å²) >= 11 is 0. The number of benzene rings is 3. The summed E-state index contributed by atoms with van der Waals surface area (Å²) in [5.74, 6) is -1.22. The quantitative estimate of drug-likeness (QED) is 0.284. The summed E-state index contributed by atoms with van der Waals surface area (Å²) in [6, 6.07) is 18.5. The number of imide groups is 1. The second-order valence-electron chi connectivity index (χ2n) is 8.59. The number of non-ortho nitro benzene ring substituents is 1. The molecule has 4 rings (SSSR count). The van der Waals surface area contributed by atoms with Crippen LogP contribution in [0.25, 0.3) is 0 Å². The van der Waals surface area contributed by atoms with Gasteiger partial charge in [0.15, 0.2) is 0 Å². The SMILES string of the molecule is CC[C@H](C)c1ccc(NC(=O)[C@H](Cc2ccc([N+](=O)[O-])cc2)N2C(=O)c3ccccc3C2=O)cc1. The first kappa shape index (κ1) is 23.8. The topological polar surface area (TPSA) is 110 Å². The fourth-order valence-electron chi connectivity index (χ4n) is 4.13. The average molecular weight is 472 g/mol. The standard InChI is InChI=1S/C27H25N3O5/c1-3-17(2)19-10-12-20(13-11-19)28-25(31)24(16-18-8-14-21(15-9-18)30(34)35)29-26(32)22-6-4-5-7-23(22)27(29)33/h4-15,17,24H,3,16H2,1-2H3,(H,28,31)/t17-,24-/m0/s1. The van der Waals surface area contributed by atoms with Crippen molar-refractivity contribution in [3.8, 4) is 0 Å². The van der Waals surface area contributed by atoms with Crippen LogP contribution in [-0.4, -0.2) is 33.6 Å². The van der Waals surface area contributed by atoms with Crippen LogP contribution in [-0.2, 0) is 11.2 Å². The summed E-state index contributed by atoms with van der Waals surface area (Å²) in [7, 11) is 0. The molecule has 35 heavy (non-hydrogen) atoms. The number of hydrogen-bond donors (Lipinski definition) is 1. The predicted molar refractivity (Wildman–Crippen MR) is 131 cm³/mol. The number of rotatable bonds is 8. The van der Waals surface area contributed by atoms with Gasteiger partial charge in [-0.05, 0) is 47.7 Å². The van der Waals surface area contributed by atoms with Crippen LogP contribution in [0.5, 0.6) is 0 Å². The van der Waals surface area contributed by atoms with Gasteiger partial charge in [-0.2, -0.15) is 0 Å². The Morgan fingerprint density at radius 2 is 1.51 bits per heavy atom. The third-order valence-corrected chi connectivity index (χ3v) is 6.38. The van der Waals surface area contributed by atoms with Gasteiger partial charge in [0, 0.05) is 24.2 Å². The number of nitro groups is 1. The number of carbonyl (C=O) groups is 3. The Bertz CT molecular complexity index is 1250. The molecule has 1 heterocycles. The summed E-state index contributed by atoms with van der Waals surface area (Å²) in [6.07, 6.45) is 1.00. The van der Waals surface area contributed by atoms with E-state index in [-0.39, 0.29) is 23.2 Å². The zero-order chi connectivity index (χ0) is 25.1. The van der Waals surface area contributed by atoms with E-state index < -0.39 is 28.7 Å². The second-order valence-corrected chi connectivity index (χ2v) is 8.59. The van der Waals surface area contributed by atoms with Crippen molar-refractivity contribution in [3.63, 3.8) is 0 Å². The van der Waals surface area contributed by atoms with Crippen LogP contribution in [0.2, 0.25) is 0 Å². The first-order chi connectivity index (χ1) is 16.8. The lowest BCUT2D eigenvalue weighted by Crippen LogP contribution is -2.48. The minimum Gasteiger partial charge on any atom is -0.324 e. The van der Waals surface area contributed by atoms with Crippen LogP contribution < -0.4 is 5.32 Å². The van der Waals surface area contributed by atoms with Gasteiger partial charge in [0.1, 0.15) is 6.04 Å². The van der Waals surface area contributed by atoms with E-state index in [0.717, 1.165) is 16.9 Å². The van der Waals surface area contributed by atoms with Crippen LogP contribution in [0.4, 0.5) is 11.4 Å². The molecule has 3 aromatic rings. The molecule has 2 atom stereocenters. The van der Waals surface area contributed by atoms with Crippen molar-refractivity contribution < 1.29 is 19.3 Å². The third-order valence-electron chi connectivity index (χ3n) is 6.38. The van der Waals surface area contributed by atoms with Gasteiger partial charge in [-0.15, -0.1) is 0 Å². The number of fused-ring (bicyclic) bond motifs is 1. The van der Waals surface area contributed by atoms with E-state index in [0.29, 0.717) is 17.2 Å². The van der Waals surface area contributed by atoms with Crippen molar-refractivity contribution in [2.75, 3.05) is 5.32 Å². The molecule has 0 unspecified atom stereocenters. The maximum atomic E-state index is 13.4. The summed E-state index contributed by atoms with van der Waals surface area (Å²) in [5.41, 5.74) is 2.69. The van der Waals surface area contributed by atoms with E-state index >= 15 is 0 Å². The zero-order valence-electron chi connectivity index (χ0n) is 19.4. The molecule has 0 bridgehead atoms. The van der Waals surface area contributed by atoms with Crippen LogP contribution in [0.15, 0.2) is 72.8 Å². The molecule has 0 radical (unpaired) electrons. The predicted octanol–water partition coefficient (Wildman–Crippen LogP) is 4.95. The van der Waals surface area contributed by atoms with E-state index in [1.807, 2.05) is 12.1 Å². The number of nitrogens with one attached hydrogen (secondary N) is 1. The Morgan fingerprint density at radius 1 is 0.943 bits per heavy atom. The third kappa shape index (κ3) is 4.82. The maximum Gasteiger partial charge on any atom is 0.269 e. The van der Waals surface area contributed by atoms with Crippen LogP contribution >= 0.6 is 0 Å². The fraction of sp³-hybridized carbons (Fsp3) is 0.222. The number of carbonyl (C=O) groups excluding carboxylic acids is 3. The van der Waals surface area contributed by atoms with Crippen molar-refractivity contribution in [1.29, 1.82) is 0 Å². The lowest BCUT2D eigenvalue weighted by molar-refractivity contribution is -0.384. The minimum absolute atomic E-state index is 0.0141. The molecule has 1 aliphatic rings. The molecule has 0 spiro atoms. The van der Waals surface area contributed by atoms with Gasteiger partial charge >= 0.3 is 0 Å². The van der Waals surface area contributed by atoms with Gasteiger partial charge < -0.3 is 5.32 Å². The first-order valence-electron chi connectivity index (χ1n) is 11.4. The van der Waals surface area contributed by atoms with Crippen molar-refractivity contribution in [1.82, 2.24) is 4.90 Å². The summed E-state index contributed by atoms with van der Waals surface area (Å²) in [4.78, 5) is 51.2. The maximum absolute atomic E-state index is 13.4. The van der Waals surface area contributed by atoms with Crippen LogP contribution in [0.3, 0.4) is 0 Å². The van der Waals surface area contributed by atoms with Gasteiger partial charge in [0.05, 0.1) is 16.1 Å². The van der Waals surface area contributed by atoms with E-state index in [9.17, 15) is 24.5 Å². The lowest BCUT2D eigenvalue weighted by Gasteiger charge is -2.25. The lowest BCUT2D eigenvalue weighted by atomic mass is 9.98. The molecular formula is C27H25N3O5. The summed E-state index contributed by atoms with van der Waals surface area (Å²) in [5, 5.41) is 13.8. The van der Waals surface area contributed by atoms with Crippen LogP contribution in [0.1, 0.15) is 58.0 Å². The van der Waals surface area contributed by atoms with Gasteiger partial charge in [0.25, 0.3) is 17.5 Å². The van der Waals surface area contributed by atoms with Crippen LogP contribution in [0, 0.1) is 10.1 Å². The molecule has 8 nitrogen and oxygen atoms in total. The fourth-order valence-corrected chi connectivity index (χ4v) is 4.13. The molecule has 3 amide bonds. The largest absolute Gasteiger partial charge is 0.324 e. The van der Waals surface area contributed by atoms with Gasteiger partial charge in [0.2, 0.25) is 5.91 Å². The van der Waals surface area contributed by atoms with E-state index in [1.165, 1.54) is 24.3 Å². The Morgan fingerprint density at radius 3 is 2.03 bits per heavy atom. The molecule has 0 saturated heterocycles. The highest BCUT2D eigenvalue weighted by atomic mass is 16.6. The highest BCUT2D eigenvalue weighted by Crippen LogP contribution is 2.27. The van der Waals surface area contributed by atoms with Gasteiger partial charge in [-0.3, -0.25) is 29.4 Å². The minimum atomic E-state index is -1.14. The number of amides is 3. The van der Waals surface area contributed by atoms with E-state index in [4.69, 9.17) is 0 Å². The molecule has 0 aromatic heterocycles. The second kappa shape index (κ2) is 9.89. The Labute approximate surface area is 202 Å². The Kier molecular flexibility index (Phi) is 6.73. The molecule has 3 aromatic carbocycles. The molecule has 0 fully saturated rings. The molecular weight excluding hydrogens is 446 g/mol. The van der Waals surface area contributed by atoms with Gasteiger partial charge in [-0.25, -0.2) is 0 Å². The van der Waals surface area contributed by atoms with Gasteiger partial charge in [-0.1, -0.05) is 50.2 Å². The molecule has 8 heteroatoms. The molecule has 1 aliphatic heterocycles. The van der Waals surface area contributed by atoms with Crippen molar-refractivity contribution >= 4 is 29.1 Å². The number of anilines is 1. The monoisotopic (exact) mass is 471 g/mol. The average Bonchev–Trinajstić information content (AvgIpc) is 3.12. The van der Waals surface area contributed by atoms with E-state index in [1.54, 1.807) is 36.4 Å². The highest BCUT2D eigenvalue weighted by molar-refractivity contribution is 6.23. The summed E-state index contributed by atoms with van der Waals surface area (Å²) < 4.78 is 0. The molecule has 0 aliphatic carbocycles. The zero-order valence-corrected chi connectivity index (χ0v) is 19.4. The molecule has 178 valence electrons. The number of nitrogens with zero attached hydrogens (tertiary/aromatic N) is 2. The Balaban J connectivity index is 1.63.